The van der Waals surface area contributed by atoms with Gasteiger partial charge in [-0.3, -0.25) is 43.2 Å². The first-order valence-electron chi connectivity index (χ1n) is 44.7. The Bertz CT molecular complexity index is 5640. The molecule has 5 aromatic carbocycles. The van der Waals surface area contributed by atoms with Crippen molar-refractivity contribution >= 4 is 107 Å². The number of benzene rings is 5. The predicted molar refractivity (Wildman–Crippen MR) is 486 cm³/mol. The van der Waals surface area contributed by atoms with E-state index in [9.17, 15) is 68.4 Å². The molecular weight excluding hydrogens is 1770 g/mol. The van der Waals surface area contributed by atoms with Crippen LogP contribution in [-0.4, -0.2) is 203 Å². The summed E-state index contributed by atoms with van der Waals surface area (Å²) in [5, 5.41) is 62.0. The second-order valence-electron chi connectivity index (χ2n) is 37.7. The molecule has 29 nitrogen and oxygen atoms in total. The maximum atomic E-state index is 16.5. The number of aliphatic hydroxyl groups is 4. The molecule has 2 aliphatic heterocycles. The third-order valence-corrected chi connectivity index (χ3v) is 33.5. The summed E-state index contributed by atoms with van der Waals surface area (Å²) in [6.45, 7) is 23.4. The number of fused-ring (bicyclic) bond motifs is 10. The largest absolute Gasteiger partial charge is 0.457 e. The Balaban J connectivity index is 0.000000216. The highest BCUT2D eigenvalue weighted by atomic mass is 32.1. The molecule has 32 heteroatoms. The number of amides is 2. The molecule has 15 rings (SSSR count). The number of nitrogens with one attached hydrogen (secondary N) is 2. The van der Waals surface area contributed by atoms with E-state index in [0.29, 0.717) is 20.9 Å². The molecule has 2 aromatic heterocycles. The molecular formula is C101H114N2O27S2Si. The van der Waals surface area contributed by atoms with Gasteiger partial charge in [0.25, 0.3) is 11.8 Å². The second kappa shape index (κ2) is 38.0. The number of carbonyl (C=O) groups is 12. The molecule has 133 heavy (non-hydrogen) atoms. The Morgan fingerprint density at radius 1 is 0.496 bits per heavy atom. The first-order chi connectivity index (χ1) is 62.9. The number of esters is 8. The minimum absolute atomic E-state index is 0.0127. The lowest BCUT2D eigenvalue weighted by atomic mass is 9.44. The fraction of sp³-hybridized carbons (Fsp3) is 0.465. The van der Waals surface area contributed by atoms with Crippen molar-refractivity contribution in [1.29, 1.82) is 0 Å². The van der Waals surface area contributed by atoms with Gasteiger partial charge < -0.3 is 82.9 Å². The summed E-state index contributed by atoms with van der Waals surface area (Å²) >= 11 is 2.53. The van der Waals surface area contributed by atoms with Crippen molar-refractivity contribution in [2.45, 2.75) is 243 Å². The third-order valence-electron chi connectivity index (χ3n) is 29.0. The molecule has 8 aliphatic rings. The van der Waals surface area contributed by atoms with Crippen LogP contribution in [0.3, 0.4) is 0 Å². The van der Waals surface area contributed by atoms with Gasteiger partial charge in [-0.2, -0.15) is 0 Å². The van der Waals surface area contributed by atoms with E-state index in [0.717, 1.165) is 12.1 Å². The van der Waals surface area contributed by atoms with E-state index in [1.165, 1.54) is 62.5 Å². The Morgan fingerprint density at radius 3 is 1.26 bits per heavy atom. The number of ether oxygens (including phenoxy) is 10. The van der Waals surface area contributed by atoms with Crippen LogP contribution < -0.4 is 15.8 Å². The number of hydrogen-bond acceptors (Lipinski definition) is 29. The molecule has 3 unspecified atom stereocenters. The van der Waals surface area contributed by atoms with Crippen LogP contribution in [-0.2, 0) is 90.2 Å². The lowest BCUT2D eigenvalue weighted by Gasteiger charge is -2.68. The zero-order valence-corrected chi connectivity index (χ0v) is 79.4. The topological polar surface area (TPSA) is 411 Å². The number of thiophene rings is 2. The van der Waals surface area contributed by atoms with Gasteiger partial charge in [0, 0.05) is 84.1 Å². The highest BCUT2D eigenvalue weighted by molar-refractivity contribution is 7.10. The Labute approximate surface area is 780 Å². The molecule has 0 spiro atoms. The van der Waals surface area contributed by atoms with Crippen molar-refractivity contribution in [2.24, 2.45) is 39.4 Å². The zero-order chi connectivity index (χ0) is 96.2. The lowest BCUT2D eigenvalue weighted by Crippen LogP contribution is -2.82. The van der Waals surface area contributed by atoms with Crippen LogP contribution in [0, 0.1) is 39.4 Å². The monoisotopic (exact) mass is 1880 g/mol. The smallest absolute Gasteiger partial charge is 0.338 e. The quantitative estimate of drug-likeness (QED) is 0.0134. The van der Waals surface area contributed by atoms with Gasteiger partial charge in [-0.05, 0) is 147 Å². The van der Waals surface area contributed by atoms with Gasteiger partial charge in [0.2, 0.25) is 8.32 Å². The summed E-state index contributed by atoms with van der Waals surface area (Å²) < 4.78 is 70.0. The molecule has 2 saturated heterocycles. The van der Waals surface area contributed by atoms with Gasteiger partial charge in [-0.25, -0.2) is 14.4 Å². The highest BCUT2D eigenvalue weighted by Crippen LogP contribution is 2.68. The predicted octanol–water partition coefficient (Wildman–Crippen LogP) is 11.8. The first kappa shape index (κ1) is 98.0. The second-order valence-corrected chi connectivity index (χ2v) is 43.5. The molecule has 7 aromatic rings. The minimum atomic E-state index is -2.98. The van der Waals surface area contributed by atoms with Gasteiger partial charge in [0.15, 0.2) is 41.1 Å². The van der Waals surface area contributed by atoms with E-state index in [2.05, 4.69) is 10.6 Å². The van der Waals surface area contributed by atoms with Crippen LogP contribution in [0.5, 0.6) is 0 Å². The fourth-order valence-electron chi connectivity index (χ4n) is 21.6. The number of hydrogen-bond donors (Lipinski definition) is 6. The standard InChI is InChI=1S/C55H63NO13SSi.C46H51NO14S/c1-10-42(58)66-45-43-32(2)38(65-50(61)33(3)44(39-27-20-28-70-39)56-49(60)35-21-14-11-15-22-35)30-55(63,52(43,5)6)48(67-51(62)36-23-16-12-17-24-36)46-53(7,47(45)59)40(29-41-54(46,31-64-41)68-34(4)57)69-71(8,9)37-25-18-13-19-26-37;1-7-32(50)59-36-33-24(2)28(58-42(55)35(51)34(29-19-14-20-62-29)47-40(53)26-15-10-8-11-16-26)22-46(56,43(33,4)5)39(60-41(54)27-17-12-9-13-18-27)37-44(6,38(36)52)30(49)21-31-45(37,23-57-31)61-25(3)48/h11-28,33,38,40-41,44-46,48,63H,10,29-31H2,1-9H3,(H,56,60);8-20,28,30-31,34-37,39,49,51,56H,7,21-23H2,1-6H3,(H,47,53)/t33-,38+,40+,41-,44-,45-,46?,48+,53-,54+,55-;28-,30?,31+,34-,35+,36+,37?,39-,44+,45-,46+/m10/s1. The molecule has 6 aliphatic carbocycles. The van der Waals surface area contributed by atoms with Crippen molar-refractivity contribution in [3.05, 3.63) is 241 Å². The van der Waals surface area contributed by atoms with E-state index in [1.54, 1.807) is 182 Å². The Kier molecular flexibility index (Phi) is 28.0. The molecule has 4 saturated carbocycles. The lowest BCUT2D eigenvalue weighted by molar-refractivity contribution is -0.346. The van der Waals surface area contributed by atoms with Crippen molar-refractivity contribution in [3.8, 4) is 0 Å². The maximum Gasteiger partial charge on any atom is 0.338 e. The summed E-state index contributed by atoms with van der Waals surface area (Å²) in [7, 11) is -2.98. The van der Waals surface area contributed by atoms with Crippen molar-refractivity contribution < 1.29 is 130 Å². The molecule has 2 amide bonds. The molecule has 4 heterocycles. The highest BCUT2D eigenvalue weighted by Gasteiger charge is 2.81. The summed E-state index contributed by atoms with van der Waals surface area (Å²) in [6, 6.07) is 47.3. The van der Waals surface area contributed by atoms with Crippen molar-refractivity contribution in [3.63, 3.8) is 0 Å². The van der Waals surface area contributed by atoms with Gasteiger partial charge in [-0.1, -0.05) is 157 Å². The van der Waals surface area contributed by atoms with Crippen LogP contribution in [0.4, 0.5) is 0 Å². The normalized spacial score (nSPS) is 30.7. The average molecular weight is 1880 g/mol. The SMILES string of the molecule is CCC(=O)O[C@H]1C(=O)[C@@]2(C)C([C@H](OC(=O)c3ccccc3)[C@]3(O)C[C@H](OC(=O)[C@H](C)[C@@H](NC(=O)c4ccccc4)c4cccs4)C(C)=C1C3(C)C)[C@]1(OC(C)=O)CO[C@@H]1C[C@@H]2O[Si](C)(C)c1ccccc1.CCC(=O)O[C@H]1C(=O)[C@]2(C)C(O)C[C@H]3OC[C@@]3(OC(C)=O)C2[C@H](OC(=O)c2ccccc2)[C@]2(O)C[C@H](OC(=O)[C@H](O)[C@@H](NC(=O)c3ccccc3)c3cccs3)C(C)=C1C2(C)C. The summed E-state index contributed by atoms with van der Waals surface area (Å²) in [5.41, 5.74) is -13.7. The third kappa shape index (κ3) is 17.6. The number of carbonyl (C=O) groups excluding carboxylic acids is 12. The zero-order valence-electron chi connectivity index (χ0n) is 76.8. The maximum absolute atomic E-state index is 16.5. The van der Waals surface area contributed by atoms with Crippen molar-refractivity contribution in [1.82, 2.24) is 10.6 Å². The Hall–Kier alpha value is -11.0. The number of Topliss-reactive ketones (excluding diaryl/α,β-unsaturated/α-hetero) is 2. The molecule has 706 valence electrons. The minimum Gasteiger partial charge on any atom is -0.457 e. The number of aliphatic hydroxyl groups excluding tert-OH is 2. The number of rotatable bonds is 25. The Morgan fingerprint density at radius 2 is 0.872 bits per heavy atom. The average Bonchev–Trinajstić information content (AvgIpc) is 1.53. The number of ketones is 2. The van der Waals surface area contributed by atoms with Gasteiger partial charge >= 0.3 is 47.8 Å². The van der Waals surface area contributed by atoms with Crippen LogP contribution in [0.1, 0.15) is 192 Å². The van der Waals surface area contributed by atoms with E-state index in [4.69, 9.17) is 51.8 Å². The van der Waals surface area contributed by atoms with E-state index < -0.39 is 233 Å². The van der Waals surface area contributed by atoms with Gasteiger partial charge in [0.1, 0.15) is 53.9 Å². The fourth-order valence-corrected chi connectivity index (χ4v) is 25.5. The molecule has 6 N–H and O–H groups in total. The molecule has 22 atom stereocenters. The summed E-state index contributed by atoms with van der Waals surface area (Å²) in [4.78, 5) is 172. The first-order valence-corrected chi connectivity index (χ1v) is 49.4. The van der Waals surface area contributed by atoms with E-state index in [-0.39, 0.29) is 72.3 Å². The van der Waals surface area contributed by atoms with Crippen LogP contribution in [0.25, 0.3) is 0 Å². The van der Waals surface area contributed by atoms with E-state index in [1.807, 2.05) is 60.9 Å². The van der Waals surface area contributed by atoms with Crippen molar-refractivity contribution in [2.75, 3.05) is 13.2 Å². The van der Waals surface area contributed by atoms with Gasteiger partial charge in [0.05, 0.1) is 71.2 Å². The molecule has 0 radical (unpaired) electrons. The molecule has 6 fully saturated rings. The van der Waals surface area contributed by atoms with E-state index >= 15 is 9.59 Å². The molecule has 4 bridgehead atoms. The van der Waals surface area contributed by atoms with Gasteiger partial charge in [-0.15, -0.1) is 22.7 Å². The summed E-state index contributed by atoms with van der Waals surface area (Å²) in [6.07, 6.45) is -17.8. The van der Waals surface area contributed by atoms with Crippen LogP contribution in [0.15, 0.2) is 209 Å². The van der Waals surface area contributed by atoms with Crippen LogP contribution >= 0.6 is 22.7 Å². The van der Waals surface area contributed by atoms with Crippen LogP contribution in [0.2, 0.25) is 13.1 Å². The summed E-state index contributed by atoms with van der Waals surface area (Å²) in [5.74, 6) is -13.2.